The Labute approximate surface area is 194 Å². The Hall–Kier alpha value is -1.38. The number of morpholine rings is 1. The number of carbonyl (C=O) groups is 1. The van der Waals surface area contributed by atoms with Crippen LogP contribution in [0.3, 0.4) is 0 Å². The Morgan fingerprint density at radius 2 is 1.66 bits per heavy atom. The molecule has 8 nitrogen and oxygen atoms in total. The van der Waals surface area contributed by atoms with Gasteiger partial charge in [0.05, 0.1) is 19.8 Å². The molecule has 0 aromatic heterocycles. The summed E-state index contributed by atoms with van der Waals surface area (Å²) in [6.07, 6.45) is 9.78. The molecule has 0 bridgehead atoms. The summed E-state index contributed by atoms with van der Waals surface area (Å²) in [4.78, 5) is 26.4. The van der Waals surface area contributed by atoms with Crippen molar-refractivity contribution < 1.29 is 9.53 Å². The van der Waals surface area contributed by atoms with Crippen molar-refractivity contribution in [2.75, 3.05) is 85.7 Å². The molecule has 182 valence electrons. The molecule has 1 saturated carbocycles. The summed E-state index contributed by atoms with van der Waals surface area (Å²) in [7, 11) is 1.89. The highest BCUT2D eigenvalue weighted by atomic mass is 16.5. The molecule has 3 saturated heterocycles. The van der Waals surface area contributed by atoms with E-state index in [2.05, 4.69) is 25.0 Å². The highest BCUT2D eigenvalue weighted by Crippen LogP contribution is 2.27. The van der Waals surface area contributed by atoms with Gasteiger partial charge in [-0.1, -0.05) is 19.3 Å². The summed E-state index contributed by atoms with van der Waals surface area (Å²) in [5.74, 6) is 2.18. The summed E-state index contributed by atoms with van der Waals surface area (Å²) >= 11 is 0. The highest BCUT2D eigenvalue weighted by molar-refractivity contribution is 5.80. The number of carbonyl (C=O) groups excluding carboxylic acids is 1. The van der Waals surface area contributed by atoms with Crippen molar-refractivity contribution in [1.82, 2.24) is 24.9 Å². The molecule has 1 aliphatic carbocycles. The van der Waals surface area contributed by atoms with E-state index in [0.29, 0.717) is 25.8 Å². The number of guanidine groups is 1. The number of aliphatic imine (C=N–C) groups is 1. The Balaban J connectivity index is 1.18. The van der Waals surface area contributed by atoms with E-state index in [1.807, 2.05) is 11.9 Å². The Morgan fingerprint density at radius 3 is 2.38 bits per heavy atom. The topological polar surface area (TPSA) is 63.7 Å². The van der Waals surface area contributed by atoms with Crippen LogP contribution in [-0.2, 0) is 9.53 Å². The first-order valence-corrected chi connectivity index (χ1v) is 13.0. The molecule has 4 rings (SSSR count). The van der Waals surface area contributed by atoms with Crippen molar-refractivity contribution in [2.45, 2.75) is 51.0 Å². The smallest absolute Gasteiger partial charge is 0.236 e. The first-order valence-electron chi connectivity index (χ1n) is 13.0. The molecule has 1 unspecified atom stereocenters. The van der Waals surface area contributed by atoms with E-state index in [1.54, 1.807) is 0 Å². The predicted octanol–water partition coefficient (Wildman–Crippen LogP) is 1.08. The van der Waals surface area contributed by atoms with Gasteiger partial charge in [0, 0.05) is 65.4 Å². The minimum absolute atomic E-state index is 0.239. The standard InChI is InChI=1S/C24H44N6O2/c1-25-24(26-18-22-8-5-9-30(22)19-21-6-3-2-4-7-21)29-12-10-27(11-13-29)20-23(31)28-14-16-32-17-15-28/h21-22H,2-20H2,1H3,(H,25,26). The van der Waals surface area contributed by atoms with E-state index in [4.69, 9.17) is 4.74 Å². The molecule has 0 spiro atoms. The van der Waals surface area contributed by atoms with Gasteiger partial charge in [0.15, 0.2) is 5.96 Å². The van der Waals surface area contributed by atoms with Crippen molar-refractivity contribution in [2.24, 2.45) is 10.9 Å². The van der Waals surface area contributed by atoms with E-state index < -0.39 is 0 Å². The van der Waals surface area contributed by atoms with E-state index in [-0.39, 0.29) is 5.91 Å². The van der Waals surface area contributed by atoms with Gasteiger partial charge in [-0.2, -0.15) is 0 Å². The van der Waals surface area contributed by atoms with Crippen LogP contribution in [0.4, 0.5) is 0 Å². The number of ether oxygens (including phenoxy) is 1. The Bertz CT molecular complexity index is 610. The van der Waals surface area contributed by atoms with Crippen LogP contribution in [-0.4, -0.2) is 123 Å². The molecule has 0 radical (unpaired) electrons. The van der Waals surface area contributed by atoms with Crippen LogP contribution in [0, 0.1) is 5.92 Å². The summed E-state index contributed by atoms with van der Waals surface area (Å²) < 4.78 is 5.36. The third kappa shape index (κ3) is 6.58. The molecule has 4 aliphatic rings. The lowest BCUT2D eigenvalue weighted by atomic mass is 9.89. The molecule has 8 heteroatoms. The second-order valence-electron chi connectivity index (χ2n) is 9.98. The van der Waals surface area contributed by atoms with Crippen LogP contribution in [0.15, 0.2) is 4.99 Å². The van der Waals surface area contributed by atoms with Gasteiger partial charge < -0.3 is 19.9 Å². The largest absolute Gasteiger partial charge is 0.378 e. The lowest BCUT2D eigenvalue weighted by Crippen LogP contribution is -2.55. The van der Waals surface area contributed by atoms with E-state index in [9.17, 15) is 4.79 Å². The van der Waals surface area contributed by atoms with Crippen molar-refractivity contribution >= 4 is 11.9 Å². The van der Waals surface area contributed by atoms with Crippen molar-refractivity contribution in [1.29, 1.82) is 0 Å². The van der Waals surface area contributed by atoms with Gasteiger partial charge in [-0.25, -0.2) is 0 Å². The number of piperazine rings is 1. The molecule has 1 N–H and O–H groups in total. The van der Waals surface area contributed by atoms with Gasteiger partial charge in [0.1, 0.15) is 0 Å². The number of hydrogen-bond acceptors (Lipinski definition) is 5. The number of nitrogens with zero attached hydrogens (tertiary/aromatic N) is 5. The molecule has 0 aromatic carbocycles. The van der Waals surface area contributed by atoms with Gasteiger partial charge in [0.2, 0.25) is 5.91 Å². The molecule has 32 heavy (non-hydrogen) atoms. The monoisotopic (exact) mass is 448 g/mol. The van der Waals surface area contributed by atoms with Crippen LogP contribution in [0.5, 0.6) is 0 Å². The number of rotatable bonds is 6. The molecule has 1 amide bonds. The second-order valence-corrected chi connectivity index (χ2v) is 9.98. The highest BCUT2D eigenvalue weighted by Gasteiger charge is 2.29. The summed E-state index contributed by atoms with van der Waals surface area (Å²) in [5.41, 5.74) is 0. The molecule has 1 atom stereocenters. The molecule has 4 fully saturated rings. The third-order valence-corrected chi connectivity index (χ3v) is 7.82. The number of hydrogen-bond donors (Lipinski definition) is 1. The quantitative estimate of drug-likeness (QED) is 0.485. The minimum Gasteiger partial charge on any atom is -0.378 e. The third-order valence-electron chi connectivity index (χ3n) is 7.82. The van der Waals surface area contributed by atoms with Gasteiger partial charge in [-0.3, -0.25) is 19.6 Å². The van der Waals surface area contributed by atoms with Gasteiger partial charge >= 0.3 is 0 Å². The summed E-state index contributed by atoms with van der Waals surface area (Å²) in [5, 5.41) is 3.68. The molecule has 0 aromatic rings. The first-order chi connectivity index (χ1) is 15.7. The molecule has 3 heterocycles. The van der Waals surface area contributed by atoms with Crippen molar-refractivity contribution in [3.8, 4) is 0 Å². The van der Waals surface area contributed by atoms with Gasteiger partial charge in [-0.05, 0) is 38.1 Å². The maximum Gasteiger partial charge on any atom is 0.236 e. The zero-order chi connectivity index (χ0) is 22.2. The summed E-state index contributed by atoms with van der Waals surface area (Å²) in [6, 6.07) is 0.640. The van der Waals surface area contributed by atoms with Gasteiger partial charge in [-0.15, -0.1) is 0 Å². The van der Waals surface area contributed by atoms with Gasteiger partial charge in [0.25, 0.3) is 0 Å². The fourth-order valence-corrected chi connectivity index (χ4v) is 5.83. The molecular formula is C24H44N6O2. The maximum absolute atomic E-state index is 12.5. The predicted molar refractivity (Wildman–Crippen MR) is 128 cm³/mol. The van der Waals surface area contributed by atoms with Crippen LogP contribution >= 0.6 is 0 Å². The van der Waals surface area contributed by atoms with Crippen molar-refractivity contribution in [3.05, 3.63) is 0 Å². The first kappa shape index (κ1) is 23.8. The number of nitrogens with one attached hydrogen (secondary N) is 1. The van der Waals surface area contributed by atoms with Crippen LogP contribution in [0.25, 0.3) is 0 Å². The van der Waals surface area contributed by atoms with E-state index in [0.717, 1.165) is 57.7 Å². The lowest BCUT2D eigenvalue weighted by molar-refractivity contribution is -0.136. The number of amides is 1. The van der Waals surface area contributed by atoms with E-state index >= 15 is 0 Å². The fraction of sp³-hybridized carbons (Fsp3) is 0.917. The van der Waals surface area contributed by atoms with E-state index in [1.165, 1.54) is 58.0 Å². The zero-order valence-electron chi connectivity index (χ0n) is 20.1. The molecule has 3 aliphatic heterocycles. The maximum atomic E-state index is 12.5. The van der Waals surface area contributed by atoms with Crippen LogP contribution in [0.1, 0.15) is 44.9 Å². The van der Waals surface area contributed by atoms with Crippen LogP contribution < -0.4 is 5.32 Å². The lowest BCUT2D eigenvalue weighted by Gasteiger charge is -2.38. The average molecular weight is 449 g/mol. The zero-order valence-corrected chi connectivity index (χ0v) is 20.1. The second kappa shape index (κ2) is 12.2. The fourth-order valence-electron chi connectivity index (χ4n) is 5.83. The van der Waals surface area contributed by atoms with Crippen molar-refractivity contribution in [3.63, 3.8) is 0 Å². The normalized spacial score (nSPS) is 27.2. The Morgan fingerprint density at radius 1 is 0.906 bits per heavy atom. The SMILES string of the molecule is CN=C(NCC1CCCN1CC1CCCCC1)N1CCN(CC(=O)N2CCOCC2)CC1. The molecular weight excluding hydrogens is 404 g/mol. The number of likely N-dealkylation sites (tertiary alicyclic amines) is 1. The summed E-state index contributed by atoms with van der Waals surface area (Å²) in [6.45, 7) is 10.5. The minimum atomic E-state index is 0.239. The Kier molecular flexibility index (Phi) is 9.05. The van der Waals surface area contributed by atoms with Crippen LogP contribution in [0.2, 0.25) is 0 Å². The average Bonchev–Trinajstić information content (AvgIpc) is 3.28.